The van der Waals surface area contributed by atoms with Crippen molar-refractivity contribution >= 4 is 6.16 Å². The first kappa shape index (κ1) is 19.2. The van der Waals surface area contributed by atoms with Gasteiger partial charge in [-0.05, 0) is 26.7 Å². The number of hydrogen-bond donors (Lipinski definition) is 0. The van der Waals surface area contributed by atoms with E-state index in [4.69, 9.17) is 18.9 Å². The van der Waals surface area contributed by atoms with Gasteiger partial charge in [-0.25, -0.2) is 4.79 Å². The lowest BCUT2D eigenvalue weighted by atomic mass is 10.3. The molecule has 5 nitrogen and oxygen atoms in total. The lowest BCUT2D eigenvalue weighted by molar-refractivity contribution is -0.0307. The van der Waals surface area contributed by atoms with Crippen molar-refractivity contribution in [3.8, 4) is 0 Å². The van der Waals surface area contributed by atoms with Gasteiger partial charge >= 0.3 is 6.16 Å². The van der Waals surface area contributed by atoms with Gasteiger partial charge in [0.2, 0.25) is 0 Å². The molecular formula is C15H30O5. The van der Waals surface area contributed by atoms with Crippen LogP contribution < -0.4 is 0 Å². The van der Waals surface area contributed by atoms with Crippen LogP contribution in [-0.2, 0) is 18.9 Å². The summed E-state index contributed by atoms with van der Waals surface area (Å²) < 4.78 is 20.9. The van der Waals surface area contributed by atoms with Gasteiger partial charge in [0.05, 0.1) is 12.2 Å². The monoisotopic (exact) mass is 290 g/mol. The summed E-state index contributed by atoms with van der Waals surface area (Å²) in [6, 6.07) is 0. The predicted molar refractivity (Wildman–Crippen MR) is 77.9 cm³/mol. The molecule has 0 bridgehead atoms. The van der Waals surface area contributed by atoms with Crippen LogP contribution in [0.15, 0.2) is 0 Å². The van der Waals surface area contributed by atoms with Crippen molar-refractivity contribution in [3.63, 3.8) is 0 Å². The zero-order valence-corrected chi connectivity index (χ0v) is 13.4. The Hall–Kier alpha value is -0.810. The molecule has 0 saturated heterocycles. The van der Waals surface area contributed by atoms with E-state index >= 15 is 0 Å². The predicted octanol–water partition coefficient (Wildman–Crippen LogP) is 3.55. The number of carbonyl (C=O) groups excluding carboxylic acids is 1. The van der Waals surface area contributed by atoms with Gasteiger partial charge in [-0.2, -0.15) is 0 Å². The van der Waals surface area contributed by atoms with Crippen molar-refractivity contribution in [1.29, 1.82) is 0 Å². The maximum atomic E-state index is 11.4. The molecule has 0 amide bonds. The van der Waals surface area contributed by atoms with Crippen LogP contribution in [0.1, 0.15) is 53.4 Å². The lowest BCUT2D eigenvalue weighted by Gasteiger charge is -2.15. The quantitative estimate of drug-likeness (QED) is 0.406. The van der Waals surface area contributed by atoms with Crippen LogP contribution in [0.3, 0.4) is 0 Å². The SMILES string of the molecule is CCCCOC(C)COC(=O)OCC(C)OCCCC. The van der Waals surface area contributed by atoms with E-state index in [0.717, 1.165) is 25.7 Å². The second kappa shape index (κ2) is 13.2. The Morgan fingerprint density at radius 1 is 0.850 bits per heavy atom. The number of rotatable bonds is 12. The second-order valence-electron chi connectivity index (χ2n) is 4.94. The molecule has 5 heteroatoms. The molecule has 0 heterocycles. The lowest BCUT2D eigenvalue weighted by Crippen LogP contribution is -2.23. The van der Waals surface area contributed by atoms with E-state index in [1.54, 1.807) is 0 Å². The number of unbranched alkanes of at least 4 members (excludes halogenated alkanes) is 2. The van der Waals surface area contributed by atoms with E-state index in [2.05, 4.69) is 13.8 Å². The molecule has 0 aromatic rings. The molecule has 0 saturated carbocycles. The Morgan fingerprint density at radius 2 is 1.25 bits per heavy atom. The fourth-order valence-electron chi connectivity index (χ4n) is 1.37. The van der Waals surface area contributed by atoms with Crippen LogP contribution in [0, 0.1) is 0 Å². The summed E-state index contributed by atoms with van der Waals surface area (Å²) in [5, 5.41) is 0. The van der Waals surface area contributed by atoms with Crippen molar-refractivity contribution < 1.29 is 23.7 Å². The number of ether oxygens (including phenoxy) is 4. The molecule has 20 heavy (non-hydrogen) atoms. The average molecular weight is 290 g/mol. The van der Waals surface area contributed by atoms with Crippen LogP contribution in [0.5, 0.6) is 0 Å². The minimum Gasteiger partial charge on any atom is -0.432 e. The molecule has 0 rings (SSSR count). The minimum atomic E-state index is -0.665. The van der Waals surface area contributed by atoms with Gasteiger partial charge in [0.25, 0.3) is 0 Å². The molecule has 0 N–H and O–H groups in total. The Morgan fingerprint density at radius 3 is 1.60 bits per heavy atom. The summed E-state index contributed by atoms with van der Waals surface area (Å²) >= 11 is 0. The first-order valence-electron chi connectivity index (χ1n) is 7.62. The maximum Gasteiger partial charge on any atom is 0.508 e. The molecular weight excluding hydrogens is 260 g/mol. The first-order valence-corrected chi connectivity index (χ1v) is 7.62. The zero-order valence-electron chi connectivity index (χ0n) is 13.4. The Kier molecular flexibility index (Phi) is 12.7. The summed E-state index contributed by atoms with van der Waals surface area (Å²) in [6.45, 7) is 9.77. The molecule has 0 aromatic carbocycles. The van der Waals surface area contributed by atoms with E-state index in [1.807, 2.05) is 13.8 Å². The number of carbonyl (C=O) groups is 1. The first-order chi connectivity index (χ1) is 9.60. The topological polar surface area (TPSA) is 54.0 Å². The van der Waals surface area contributed by atoms with Crippen LogP contribution >= 0.6 is 0 Å². The third-order valence-electron chi connectivity index (χ3n) is 2.67. The van der Waals surface area contributed by atoms with Crippen LogP contribution in [0.2, 0.25) is 0 Å². The summed E-state index contributed by atoms with van der Waals surface area (Å²) in [7, 11) is 0. The van der Waals surface area contributed by atoms with Crippen LogP contribution in [-0.4, -0.2) is 44.8 Å². The standard InChI is InChI=1S/C15H30O5/c1-5-7-9-17-13(3)11-19-15(16)20-12-14(4)18-10-8-6-2/h13-14H,5-12H2,1-4H3. The summed E-state index contributed by atoms with van der Waals surface area (Å²) in [5.41, 5.74) is 0. The summed E-state index contributed by atoms with van der Waals surface area (Å²) in [4.78, 5) is 11.4. The van der Waals surface area contributed by atoms with Gasteiger partial charge in [0.15, 0.2) is 0 Å². The van der Waals surface area contributed by atoms with Crippen molar-refractivity contribution in [2.75, 3.05) is 26.4 Å². The highest BCUT2D eigenvalue weighted by Crippen LogP contribution is 2.00. The van der Waals surface area contributed by atoms with E-state index in [-0.39, 0.29) is 25.4 Å². The Balaban J connectivity index is 3.52. The highest BCUT2D eigenvalue weighted by Gasteiger charge is 2.11. The largest absolute Gasteiger partial charge is 0.508 e. The molecule has 0 aliphatic rings. The van der Waals surface area contributed by atoms with Gasteiger partial charge in [-0.15, -0.1) is 0 Å². The molecule has 0 aliphatic heterocycles. The minimum absolute atomic E-state index is 0.104. The van der Waals surface area contributed by atoms with Crippen molar-refractivity contribution in [2.45, 2.75) is 65.6 Å². The van der Waals surface area contributed by atoms with Crippen molar-refractivity contribution in [3.05, 3.63) is 0 Å². The highest BCUT2D eigenvalue weighted by atomic mass is 16.7. The summed E-state index contributed by atoms with van der Waals surface area (Å²) in [5.74, 6) is 0. The van der Waals surface area contributed by atoms with Gasteiger partial charge < -0.3 is 18.9 Å². The van der Waals surface area contributed by atoms with Gasteiger partial charge in [0, 0.05) is 13.2 Å². The molecule has 0 aromatic heterocycles. The third-order valence-corrected chi connectivity index (χ3v) is 2.67. The third kappa shape index (κ3) is 12.2. The van der Waals surface area contributed by atoms with E-state index in [0.29, 0.717) is 13.2 Å². The molecule has 0 fully saturated rings. The average Bonchev–Trinajstić information content (AvgIpc) is 2.43. The van der Waals surface area contributed by atoms with Crippen LogP contribution in [0.4, 0.5) is 4.79 Å². The second-order valence-corrected chi connectivity index (χ2v) is 4.94. The fourth-order valence-corrected chi connectivity index (χ4v) is 1.37. The zero-order chi connectivity index (χ0) is 15.2. The van der Waals surface area contributed by atoms with Crippen molar-refractivity contribution in [1.82, 2.24) is 0 Å². The van der Waals surface area contributed by atoms with Gasteiger partial charge in [-0.1, -0.05) is 26.7 Å². The van der Waals surface area contributed by atoms with Crippen molar-refractivity contribution in [2.24, 2.45) is 0 Å². The molecule has 0 aliphatic carbocycles. The number of hydrogen-bond acceptors (Lipinski definition) is 5. The Labute approximate surface area is 122 Å². The summed E-state index contributed by atoms with van der Waals surface area (Å²) in [6.07, 6.45) is 3.33. The van der Waals surface area contributed by atoms with Gasteiger partial charge in [0.1, 0.15) is 13.2 Å². The van der Waals surface area contributed by atoms with E-state index < -0.39 is 6.16 Å². The molecule has 0 radical (unpaired) electrons. The maximum absolute atomic E-state index is 11.4. The normalized spacial score (nSPS) is 13.8. The smallest absolute Gasteiger partial charge is 0.432 e. The Bertz CT molecular complexity index is 210. The molecule has 120 valence electrons. The molecule has 2 unspecified atom stereocenters. The molecule has 0 spiro atoms. The fraction of sp³-hybridized carbons (Fsp3) is 0.933. The highest BCUT2D eigenvalue weighted by molar-refractivity contribution is 5.59. The van der Waals surface area contributed by atoms with Crippen LogP contribution in [0.25, 0.3) is 0 Å². The van der Waals surface area contributed by atoms with Gasteiger partial charge in [-0.3, -0.25) is 0 Å². The van der Waals surface area contributed by atoms with E-state index in [1.165, 1.54) is 0 Å². The molecule has 2 atom stereocenters. The van der Waals surface area contributed by atoms with E-state index in [9.17, 15) is 4.79 Å².